The zero-order valence-electron chi connectivity index (χ0n) is 10.6. The number of aromatic nitrogens is 2. The minimum absolute atomic E-state index is 0.0298. The molecule has 0 saturated heterocycles. The molecular formula is C12H19N3O2S. The van der Waals surface area contributed by atoms with Crippen molar-refractivity contribution < 1.29 is 9.90 Å². The summed E-state index contributed by atoms with van der Waals surface area (Å²) in [5, 5.41) is 12.7. The second-order valence-corrected chi connectivity index (χ2v) is 5.58. The van der Waals surface area contributed by atoms with Crippen LogP contribution >= 0.6 is 11.8 Å². The Morgan fingerprint density at radius 1 is 1.67 bits per heavy atom. The van der Waals surface area contributed by atoms with Crippen LogP contribution in [0.25, 0.3) is 0 Å². The monoisotopic (exact) mass is 269 g/mol. The fourth-order valence-electron chi connectivity index (χ4n) is 1.84. The molecule has 0 aromatic carbocycles. The largest absolute Gasteiger partial charge is 0.390 e. The molecule has 1 aliphatic rings. The van der Waals surface area contributed by atoms with E-state index in [1.165, 1.54) is 31.0 Å². The summed E-state index contributed by atoms with van der Waals surface area (Å²) in [5.74, 6) is 1.12. The average Bonchev–Trinajstić information content (AvgIpc) is 2.65. The second-order valence-electron chi connectivity index (χ2n) is 4.64. The number of aliphatic hydroxyl groups excluding tert-OH is 1. The molecule has 5 nitrogen and oxygen atoms in total. The Bertz CT molecular complexity index is 415. The molecule has 0 unspecified atom stereocenters. The summed E-state index contributed by atoms with van der Waals surface area (Å²) in [7, 11) is 1.84. The predicted octanol–water partition coefficient (Wildman–Crippen LogP) is 0.921. The van der Waals surface area contributed by atoms with Gasteiger partial charge in [-0.25, -0.2) is 4.98 Å². The van der Waals surface area contributed by atoms with Crippen molar-refractivity contribution >= 4 is 17.7 Å². The van der Waals surface area contributed by atoms with Gasteiger partial charge in [-0.05, 0) is 18.8 Å². The van der Waals surface area contributed by atoms with E-state index < -0.39 is 0 Å². The van der Waals surface area contributed by atoms with Gasteiger partial charge in [-0.1, -0.05) is 18.2 Å². The predicted molar refractivity (Wildman–Crippen MR) is 70.2 cm³/mol. The molecule has 2 N–H and O–H groups in total. The van der Waals surface area contributed by atoms with Crippen LogP contribution in [-0.2, 0) is 18.4 Å². The molecule has 0 bridgehead atoms. The Hall–Kier alpha value is -1.01. The summed E-state index contributed by atoms with van der Waals surface area (Å²) in [6.45, 7) is 0.778. The molecule has 18 heavy (non-hydrogen) atoms. The maximum Gasteiger partial charge on any atom is 0.230 e. The van der Waals surface area contributed by atoms with Crippen LogP contribution in [0.2, 0.25) is 0 Å². The molecule has 2 rings (SSSR count). The standard InChI is InChI=1S/C12H19N3O2S/c1-15-10(7-16)6-14-12(15)18-8-11(17)13-5-9-3-2-4-9/h6,9,16H,2-5,7-8H2,1H3,(H,13,17). The van der Waals surface area contributed by atoms with E-state index in [1.807, 2.05) is 11.6 Å². The van der Waals surface area contributed by atoms with Crippen LogP contribution in [0.1, 0.15) is 25.0 Å². The van der Waals surface area contributed by atoms with Gasteiger partial charge in [0.1, 0.15) is 0 Å². The Morgan fingerprint density at radius 3 is 3.00 bits per heavy atom. The van der Waals surface area contributed by atoms with E-state index in [-0.39, 0.29) is 12.5 Å². The molecule has 0 aliphatic heterocycles. The molecule has 1 heterocycles. The van der Waals surface area contributed by atoms with E-state index in [0.717, 1.165) is 17.4 Å². The fourth-order valence-corrected chi connectivity index (χ4v) is 2.64. The van der Waals surface area contributed by atoms with Crippen molar-refractivity contribution in [2.75, 3.05) is 12.3 Å². The first kappa shape index (κ1) is 13.4. The van der Waals surface area contributed by atoms with E-state index in [2.05, 4.69) is 10.3 Å². The molecule has 1 fully saturated rings. The van der Waals surface area contributed by atoms with E-state index in [0.29, 0.717) is 11.7 Å². The summed E-state index contributed by atoms with van der Waals surface area (Å²) in [4.78, 5) is 15.8. The lowest BCUT2D eigenvalue weighted by Gasteiger charge is -2.25. The molecular weight excluding hydrogens is 250 g/mol. The number of nitrogens with one attached hydrogen (secondary N) is 1. The van der Waals surface area contributed by atoms with Gasteiger partial charge in [0.15, 0.2) is 5.16 Å². The number of rotatable bonds is 6. The third-order valence-electron chi connectivity index (χ3n) is 3.35. The normalized spacial score (nSPS) is 15.4. The first-order valence-electron chi connectivity index (χ1n) is 6.21. The minimum Gasteiger partial charge on any atom is -0.390 e. The quantitative estimate of drug-likeness (QED) is 0.754. The van der Waals surface area contributed by atoms with Crippen molar-refractivity contribution in [2.24, 2.45) is 13.0 Å². The van der Waals surface area contributed by atoms with Crippen LogP contribution in [0.5, 0.6) is 0 Å². The van der Waals surface area contributed by atoms with Gasteiger partial charge in [0, 0.05) is 13.6 Å². The fraction of sp³-hybridized carbons (Fsp3) is 0.667. The highest BCUT2D eigenvalue weighted by molar-refractivity contribution is 7.99. The molecule has 1 aliphatic carbocycles. The number of imidazole rings is 1. The summed E-state index contributed by atoms with van der Waals surface area (Å²) in [6.07, 6.45) is 5.42. The lowest BCUT2D eigenvalue weighted by molar-refractivity contribution is -0.118. The zero-order valence-corrected chi connectivity index (χ0v) is 11.4. The third kappa shape index (κ3) is 3.26. The van der Waals surface area contributed by atoms with Crippen molar-refractivity contribution in [3.8, 4) is 0 Å². The summed E-state index contributed by atoms with van der Waals surface area (Å²) in [6, 6.07) is 0. The van der Waals surface area contributed by atoms with E-state index in [9.17, 15) is 4.79 Å². The van der Waals surface area contributed by atoms with Gasteiger partial charge in [-0.2, -0.15) is 0 Å². The topological polar surface area (TPSA) is 67.1 Å². The van der Waals surface area contributed by atoms with Crippen molar-refractivity contribution in [2.45, 2.75) is 31.0 Å². The van der Waals surface area contributed by atoms with Crippen LogP contribution in [0.4, 0.5) is 0 Å². The van der Waals surface area contributed by atoms with Crippen LogP contribution in [-0.4, -0.2) is 32.9 Å². The number of carbonyl (C=O) groups is 1. The number of carbonyl (C=O) groups excluding carboxylic acids is 1. The first-order valence-corrected chi connectivity index (χ1v) is 7.20. The second kappa shape index (κ2) is 6.24. The summed E-state index contributed by atoms with van der Waals surface area (Å²) in [5.41, 5.74) is 0.757. The zero-order chi connectivity index (χ0) is 13.0. The van der Waals surface area contributed by atoms with Crippen molar-refractivity contribution in [3.05, 3.63) is 11.9 Å². The van der Waals surface area contributed by atoms with E-state index in [4.69, 9.17) is 5.11 Å². The smallest absolute Gasteiger partial charge is 0.230 e. The van der Waals surface area contributed by atoms with Gasteiger partial charge in [-0.15, -0.1) is 0 Å². The minimum atomic E-state index is -0.0298. The highest BCUT2D eigenvalue weighted by Gasteiger charge is 2.18. The molecule has 1 aromatic rings. The maximum absolute atomic E-state index is 11.6. The lowest BCUT2D eigenvalue weighted by atomic mass is 9.85. The number of thioether (sulfide) groups is 1. The Labute approximate surface area is 111 Å². The molecule has 1 saturated carbocycles. The van der Waals surface area contributed by atoms with Gasteiger partial charge in [0.25, 0.3) is 0 Å². The number of hydrogen-bond acceptors (Lipinski definition) is 4. The Balaban J connectivity index is 1.72. The number of nitrogens with zero attached hydrogens (tertiary/aromatic N) is 2. The van der Waals surface area contributed by atoms with E-state index >= 15 is 0 Å². The van der Waals surface area contributed by atoms with Gasteiger partial charge in [0.05, 0.1) is 24.3 Å². The number of amides is 1. The molecule has 0 atom stereocenters. The van der Waals surface area contributed by atoms with Gasteiger partial charge < -0.3 is 15.0 Å². The number of aliphatic hydroxyl groups is 1. The summed E-state index contributed by atoms with van der Waals surface area (Å²) >= 11 is 1.40. The van der Waals surface area contributed by atoms with Crippen LogP contribution in [0.15, 0.2) is 11.4 Å². The van der Waals surface area contributed by atoms with Crippen LogP contribution in [0, 0.1) is 5.92 Å². The molecule has 0 radical (unpaired) electrons. The van der Waals surface area contributed by atoms with Crippen molar-refractivity contribution in [3.63, 3.8) is 0 Å². The lowest BCUT2D eigenvalue weighted by Crippen LogP contribution is -2.33. The highest BCUT2D eigenvalue weighted by Crippen LogP contribution is 2.25. The Kier molecular flexibility index (Phi) is 4.66. The van der Waals surface area contributed by atoms with Gasteiger partial charge in [-0.3, -0.25) is 4.79 Å². The Morgan fingerprint density at radius 2 is 2.44 bits per heavy atom. The number of hydrogen-bond donors (Lipinski definition) is 2. The highest BCUT2D eigenvalue weighted by atomic mass is 32.2. The SMILES string of the molecule is Cn1c(CO)cnc1SCC(=O)NCC1CCC1. The van der Waals surface area contributed by atoms with Gasteiger partial charge >= 0.3 is 0 Å². The molecule has 1 aromatic heterocycles. The molecule has 6 heteroatoms. The molecule has 0 spiro atoms. The summed E-state index contributed by atoms with van der Waals surface area (Å²) < 4.78 is 1.81. The van der Waals surface area contributed by atoms with Crippen molar-refractivity contribution in [1.82, 2.24) is 14.9 Å². The van der Waals surface area contributed by atoms with Gasteiger partial charge in [0.2, 0.25) is 5.91 Å². The molecule has 1 amide bonds. The third-order valence-corrected chi connectivity index (χ3v) is 4.39. The van der Waals surface area contributed by atoms with Crippen LogP contribution < -0.4 is 5.32 Å². The van der Waals surface area contributed by atoms with Crippen LogP contribution in [0.3, 0.4) is 0 Å². The maximum atomic E-state index is 11.6. The first-order chi connectivity index (χ1) is 8.70. The van der Waals surface area contributed by atoms with E-state index in [1.54, 1.807) is 6.20 Å². The van der Waals surface area contributed by atoms with Crippen molar-refractivity contribution in [1.29, 1.82) is 0 Å². The molecule has 100 valence electrons. The average molecular weight is 269 g/mol.